The monoisotopic (exact) mass is 809 g/mol. The summed E-state index contributed by atoms with van der Waals surface area (Å²) in [6.07, 6.45) is -2.60. The highest BCUT2D eigenvalue weighted by Crippen LogP contribution is 2.30. The number of hydrogen-bond acceptors (Lipinski definition) is 9. The lowest BCUT2D eigenvalue weighted by Crippen LogP contribution is -2.52. The molecular weight excluding hydrogens is 773 g/mol. The molecule has 2 aromatic heterocycles. The van der Waals surface area contributed by atoms with Gasteiger partial charge in [-0.05, 0) is 63.5 Å². The average molecular weight is 810 g/mol. The third-order valence-electron chi connectivity index (χ3n) is 8.80. The molecule has 4 heterocycles. The van der Waals surface area contributed by atoms with Crippen LogP contribution in [0.5, 0.6) is 11.5 Å². The van der Waals surface area contributed by atoms with Crippen molar-refractivity contribution in [3.63, 3.8) is 0 Å². The Morgan fingerprint density at radius 1 is 0.947 bits per heavy atom. The molecule has 0 aliphatic carbocycles. The molecule has 0 bridgehead atoms. The van der Waals surface area contributed by atoms with Gasteiger partial charge >= 0.3 is 29.9 Å². The lowest BCUT2D eigenvalue weighted by molar-refractivity contribution is -0.702. The summed E-state index contributed by atoms with van der Waals surface area (Å²) in [5.41, 5.74) is 7.34. The van der Waals surface area contributed by atoms with E-state index >= 15 is 4.39 Å². The summed E-state index contributed by atoms with van der Waals surface area (Å²) < 4.78 is 88.4. The number of aromatic nitrogens is 4. The van der Waals surface area contributed by atoms with E-state index in [1.54, 1.807) is 46.1 Å². The number of aliphatic carboxylic acids is 2. The normalized spacial score (nSPS) is 16.2. The first-order chi connectivity index (χ1) is 26.6. The molecule has 2 saturated heterocycles. The van der Waals surface area contributed by atoms with Crippen LogP contribution in [-0.2, 0) is 14.4 Å². The summed E-state index contributed by atoms with van der Waals surface area (Å²) in [6, 6.07) is 15.8. The summed E-state index contributed by atoms with van der Waals surface area (Å²) in [5.74, 6) is -5.12. The second kappa shape index (κ2) is 17.7. The summed E-state index contributed by atoms with van der Waals surface area (Å²) in [7, 11) is 0. The van der Waals surface area contributed by atoms with E-state index in [1.807, 2.05) is 36.6 Å². The van der Waals surface area contributed by atoms with Crippen molar-refractivity contribution in [2.75, 3.05) is 31.9 Å². The highest BCUT2D eigenvalue weighted by molar-refractivity contribution is 5.97. The van der Waals surface area contributed by atoms with Crippen LogP contribution < -0.4 is 15.0 Å². The Balaban J connectivity index is 0.000000440. The molecule has 1 atom stereocenters. The minimum Gasteiger partial charge on any atom is -0.475 e. The van der Waals surface area contributed by atoms with E-state index in [0.29, 0.717) is 35.8 Å². The minimum atomic E-state index is -5.08. The Morgan fingerprint density at radius 2 is 1.56 bits per heavy atom. The molecule has 0 saturated carbocycles. The molecule has 2 aliphatic heterocycles. The molecular formula is C36H36F7N8O6+. The van der Waals surface area contributed by atoms with E-state index in [0.717, 1.165) is 32.4 Å². The number of carbonyl (C=O) groups is 3. The fourth-order valence-corrected chi connectivity index (χ4v) is 5.88. The van der Waals surface area contributed by atoms with Gasteiger partial charge in [-0.15, -0.1) is 0 Å². The Labute approximate surface area is 319 Å². The number of rotatable bonds is 7. The number of halogens is 7. The van der Waals surface area contributed by atoms with E-state index in [4.69, 9.17) is 30.3 Å². The Hall–Kier alpha value is -6.30. The number of carbonyl (C=O) groups excluding carboxylic acids is 1. The second-order valence-electron chi connectivity index (χ2n) is 13.2. The zero-order valence-electron chi connectivity index (χ0n) is 30.3. The molecule has 4 aromatic rings. The number of nitriles is 1. The summed E-state index contributed by atoms with van der Waals surface area (Å²) in [5, 5.41) is 24.2. The smallest absolute Gasteiger partial charge is 0.475 e. The number of hydrogen-bond donors (Lipinski definition) is 3. The summed E-state index contributed by atoms with van der Waals surface area (Å²) in [4.78, 5) is 44.0. The van der Waals surface area contributed by atoms with Gasteiger partial charge in [-0.2, -0.15) is 36.6 Å². The predicted molar refractivity (Wildman–Crippen MR) is 186 cm³/mol. The van der Waals surface area contributed by atoms with Gasteiger partial charge in [-0.3, -0.25) is 9.69 Å². The van der Waals surface area contributed by atoms with E-state index < -0.39 is 30.1 Å². The van der Waals surface area contributed by atoms with E-state index in [-0.39, 0.29) is 34.6 Å². The first kappa shape index (κ1) is 43.4. The van der Waals surface area contributed by atoms with Gasteiger partial charge in [0.05, 0.1) is 12.6 Å². The standard InChI is InChI=1S/C32H34FN8O2.2C2HF3O2/c1-32(2,39-14-7-15-39)17-22(18-34)31(42)38-13-6-8-23(19-38)40-21-41(28-29(35)36-20-37-30(28)40)27-12-11-25(16-26(27)33)43-24-9-4-3-5-10-24;2*3-2(4,5)1(6)7/h3-5,9-12,16-17,20-21,23H,6-8,13-15,19H2,1-2H3,(H2,35,36,37);2*(H,6,7)/q+1;;/t23-;;/m1../s1. The van der Waals surface area contributed by atoms with Crippen LogP contribution >= 0.6 is 0 Å². The van der Waals surface area contributed by atoms with Crippen molar-refractivity contribution in [1.29, 1.82) is 5.26 Å². The number of anilines is 1. The lowest BCUT2D eigenvalue weighted by Gasteiger charge is -2.43. The number of para-hydroxylation sites is 1. The number of fused-ring (bicyclic) bond motifs is 1. The number of carboxylic acids is 2. The van der Waals surface area contributed by atoms with Crippen molar-refractivity contribution in [3.05, 3.63) is 78.7 Å². The van der Waals surface area contributed by atoms with Crippen LogP contribution in [0.15, 0.2) is 72.8 Å². The highest BCUT2D eigenvalue weighted by Gasteiger charge is 2.39. The van der Waals surface area contributed by atoms with Crippen LogP contribution in [0.3, 0.4) is 0 Å². The van der Waals surface area contributed by atoms with Gasteiger partial charge in [0.2, 0.25) is 5.52 Å². The molecule has 57 heavy (non-hydrogen) atoms. The van der Waals surface area contributed by atoms with Crippen molar-refractivity contribution in [2.24, 2.45) is 0 Å². The quantitative estimate of drug-likeness (QED) is 0.0914. The number of nitrogens with zero attached hydrogens (tertiary/aromatic N) is 7. The van der Waals surface area contributed by atoms with Gasteiger partial charge < -0.3 is 25.6 Å². The number of benzene rings is 2. The van der Waals surface area contributed by atoms with Gasteiger partial charge in [0, 0.05) is 31.2 Å². The van der Waals surface area contributed by atoms with Crippen LogP contribution in [0, 0.1) is 17.1 Å². The molecule has 6 rings (SSSR count). The Morgan fingerprint density at radius 3 is 2.09 bits per heavy atom. The SMILES string of the molecule is CC(C)(C=C(C#N)C(=O)N1CCC[C@@H]([n+]2cn(-c3ccc(Oc4ccccc4)cc3F)c3c(N)ncnc32)C1)N1CCC1.O=C(O)C(F)(F)F.O=C(O)C(F)(F)F. The van der Waals surface area contributed by atoms with Gasteiger partial charge in [-0.25, -0.2) is 23.1 Å². The van der Waals surface area contributed by atoms with Crippen LogP contribution in [0.25, 0.3) is 16.9 Å². The maximum atomic E-state index is 15.6. The van der Waals surface area contributed by atoms with E-state index in [9.17, 15) is 36.4 Å². The van der Waals surface area contributed by atoms with Gasteiger partial charge in [0.15, 0.2) is 24.3 Å². The maximum absolute atomic E-state index is 15.6. The highest BCUT2D eigenvalue weighted by atomic mass is 19.4. The molecule has 4 N–H and O–H groups in total. The predicted octanol–water partition coefficient (Wildman–Crippen LogP) is 5.59. The molecule has 1 amide bonds. The van der Waals surface area contributed by atoms with Gasteiger partial charge in [-0.1, -0.05) is 23.2 Å². The van der Waals surface area contributed by atoms with E-state index in [2.05, 4.69) is 20.9 Å². The topological polar surface area (TPSA) is 192 Å². The van der Waals surface area contributed by atoms with Crippen molar-refractivity contribution >= 4 is 34.8 Å². The second-order valence-corrected chi connectivity index (χ2v) is 13.2. The fourth-order valence-electron chi connectivity index (χ4n) is 5.88. The number of nitrogen functional groups attached to an aromatic ring is 1. The third kappa shape index (κ3) is 10.9. The third-order valence-corrected chi connectivity index (χ3v) is 8.80. The number of alkyl halides is 6. The zero-order chi connectivity index (χ0) is 42.3. The van der Waals surface area contributed by atoms with Crippen molar-refractivity contribution < 1.29 is 64.6 Å². The zero-order valence-corrected chi connectivity index (χ0v) is 30.3. The van der Waals surface area contributed by atoms with Crippen LogP contribution in [0.4, 0.5) is 36.6 Å². The number of likely N-dealkylation sites (tertiary alicyclic amines) is 2. The van der Waals surface area contributed by atoms with Crippen molar-refractivity contribution in [3.8, 4) is 23.3 Å². The lowest BCUT2D eigenvalue weighted by atomic mass is 9.94. The molecule has 304 valence electrons. The van der Waals surface area contributed by atoms with Crippen molar-refractivity contribution in [1.82, 2.24) is 24.3 Å². The molecule has 14 nitrogen and oxygen atoms in total. The fraction of sp³-hybridized carbons (Fsp3) is 0.361. The number of carboxylic acid groups (broad SMARTS) is 2. The molecule has 0 spiro atoms. The van der Waals surface area contributed by atoms with E-state index in [1.165, 1.54) is 12.4 Å². The van der Waals surface area contributed by atoms with Gasteiger partial charge in [0.25, 0.3) is 5.91 Å². The molecule has 0 unspecified atom stereocenters. The number of imidazole rings is 1. The molecule has 2 aliphatic rings. The maximum Gasteiger partial charge on any atom is 0.490 e. The number of piperidine rings is 1. The summed E-state index contributed by atoms with van der Waals surface area (Å²) in [6.45, 7) is 6.90. The molecule has 21 heteroatoms. The van der Waals surface area contributed by atoms with Gasteiger partial charge in [0.1, 0.15) is 28.8 Å². The molecule has 2 fully saturated rings. The summed E-state index contributed by atoms with van der Waals surface area (Å²) >= 11 is 0. The molecule has 2 aromatic carbocycles. The first-order valence-corrected chi connectivity index (χ1v) is 17.0. The Kier molecular flexibility index (Phi) is 13.5. The van der Waals surface area contributed by atoms with Crippen LogP contribution in [-0.4, -0.2) is 96.5 Å². The first-order valence-electron chi connectivity index (χ1n) is 17.0. The van der Waals surface area contributed by atoms with Crippen LogP contribution in [0.2, 0.25) is 0 Å². The number of nitrogens with two attached hydrogens (primary N) is 1. The van der Waals surface area contributed by atoms with Crippen molar-refractivity contribution in [2.45, 2.75) is 57.0 Å². The largest absolute Gasteiger partial charge is 0.490 e. The molecule has 0 radical (unpaired) electrons. The Bertz CT molecular complexity index is 2140. The number of amides is 1. The number of ether oxygens (including phenoxy) is 1. The minimum absolute atomic E-state index is 0.149. The van der Waals surface area contributed by atoms with Crippen LogP contribution in [0.1, 0.15) is 39.2 Å². The average Bonchev–Trinajstić information content (AvgIpc) is 3.50.